The molecule has 4 aromatic rings. The first kappa shape index (κ1) is 14.2. The summed E-state index contributed by atoms with van der Waals surface area (Å²) in [6, 6.07) is 20.2. The molecule has 2 heterocycles. The molecule has 0 aliphatic heterocycles. The Kier molecular flexibility index (Phi) is 3.55. The summed E-state index contributed by atoms with van der Waals surface area (Å²) in [4.78, 5) is 16.3. The van der Waals surface area contributed by atoms with Crippen molar-refractivity contribution in [2.45, 2.75) is 6.54 Å². The molecule has 0 aliphatic rings. The fraction of sp³-hybridized carbons (Fsp3) is 0.0556. The van der Waals surface area contributed by atoms with Crippen molar-refractivity contribution in [1.29, 1.82) is 0 Å². The van der Waals surface area contributed by atoms with Gasteiger partial charge >= 0.3 is 0 Å². The van der Waals surface area contributed by atoms with Crippen molar-refractivity contribution in [3.05, 3.63) is 67.0 Å². The van der Waals surface area contributed by atoms with Crippen LogP contribution >= 0.6 is 0 Å². The van der Waals surface area contributed by atoms with Crippen LogP contribution in [0.1, 0.15) is 0 Å². The van der Waals surface area contributed by atoms with Gasteiger partial charge in [-0.15, -0.1) is 0 Å². The number of benzene rings is 2. The third kappa shape index (κ3) is 2.65. The molecule has 4 rings (SSSR count). The molecule has 0 radical (unpaired) electrons. The normalized spacial score (nSPS) is 10.8. The number of aromatic nitrogens is 4. The molecule has 1 amide bonds. The van der Waals surface area contributed by atoms with E-state index < -0.39 is 0 Å². The molecule has 118 valence electrons. The van der Waals surface area contributed by atoms with E-state index in [4.69, 9.17) is 0 Å². The highest BCUT2D eigenvalue weighted by Crippen LogP contribution is 2.28. The second-order valence-electron chi connectivity index (χ2n) is 5.42. The lowest BCUT2D eigenvalue weighted by Crippen LogP contribution is -2.19. The molecule has 0 bridgehead atoms. The number of amides is 1. The maximum absolute atomic E-state index is 12.4. The highest BCUT2D eigenvalue weighted by molar-refractivity contribution is 5.93. The van der Waals surface area contributed by atoms with Crippen LogP contribution in [-0.2, 0) is 11.3 Å². The lowest BCUT2D eigenvalue weighted by atomic mass is 10.1. The van der Waals surface area contributed by atoms with Crippen molar-refractivity contribution in [3.8, 4) is 11.3 Å². The largest absolute Gasteiger partial charge is 0.331 e. The van der Waals surface area contributed by atoms with Gasteiger partial charge in [0.1, 0.15) is 12.9 Å². The van der Waals surface area contributed by atoms with Gasteiger partial charge in [-0.1, -0.05) is 48.5 Å². The molecular weight excluding hydrogens is 302 g/mol. The van der Waals surface area contributed by atoms with Crippen molar-refractivity contribution in [2.75, 3.05) is 5.32 Å². The fourth-order valence-electron chi connectivity index (χ4n) is 2.81. The molecule has 24 heavy (non-hydrogen) atoms. The summed E-state index contributed by atoms with van der Waals surface area (Å²) in [5.41, 5.74) is 3.09. The van der Waals surface area contributed by atoms with E-state index in [-0.39, 0.29) is 12.5 Å². The summed E-state index contributed by atoms with van der Waals surface area (Å²) < 4.78 is 2.01. The van der Waals surface area contributed by atoms with Gasteiger partial charge in [0.25, 0.3) is 0 Å². The number of H-pyrrole nitrogens is 1. The summed E-state index contributed by atoms with van der Waals surface area (Å²) in [6.45, 7) is 0.193. The van der Waals surface area contributed by atoms with Crippen molar-refractivity contribution in [2.24, 2.45) is 0 Å². The number of hydrogen-bond acceptors (Lipinski definition) is 3. The second kappa shape index (κ2) is 6.00. The van der Waals surface area contributed by atoms with Gasteiger partial charge in [0.05, 0.1) is 0 Å². The van der Waals surface area contributed by atoms with Crippen LogP contribution < -0.4 is 5.32 Å². The van der Waals surface area contributed by atoms with Crippen LogP contribution in [0.5, 0.6) is 0 Å². The highest BCUT2D eigenvalue weighted by atomic mass is 16.2. The third-order valence-corrected chi connectivity index (χ3v) is 3.85. The number of anilines is 1. The standard InChI is InChI=1S/C18H15N5O/c24-17(21-18-19-12-20-22-18)11-23-15-9-5-4-8-14(15)10-16(23)13-6-2-1-3-7-13/h1-10,12H,11H2,(H2,19,20,21,22,24). The number of nitrogens with zero attached hydrogens (tertiary/aromatic N) is 3. The number of rotatable bonds is 4. The van der Waals surface area contributed by atoms with Crippen molar-refractivity contribution >= 4 is 22.8 Å². The predicted octanol–water partition coefficient (Wildman–Crippen LogP) is 3.07. The van der Waals surface area contributed by atoms with Gasteiger partial charge in [-0.3, -0.25) is 10.1 Å². The van der Waals surface area contributed by atoms with Crippen molar-refractivity contribution in [3.63, 3.8) is 0 Å². The van der Waals surface area contributed by atoms with E-state index in [1.54, 1.807) is 0 Å². The van der Waals surface area contributed by atoms with Gasteiger partial charge in [-0.05, 0) is 17.7 Å². The predicted molar refractivity (Wildman–Crippen MR) is 92.4 cm³/mol. The lowest BCUT2D eigenvalue weighted by molar-refractivity contribution is -0.116. The molecule has 0 spiro atoms. The van der Waals surface area contributed by atoms with Crippen LogP contribution in [0.15, 0.2) is 67.0 Å². The fourth-order valence-corrected chi connectivity index (χ4v) is 2.81. The first-order chi connectivity index (χ1) is 11.8. The number of fused-ring (bicyclic) bond motifs is 1. The SMILES string of the molecule is O=C(Cn1c(-c2ccccc2)cc2ccccc21)Nc1ncn[nH]1. The molecule has 0 saturated carbocycles. The molecule has 6 heteroatoms. The molecular formula is C18H15N5O. The van der Waals surface area contributed by atoms with Crippen LogP contribution in [0.4, 0.5) is 5.95 Å². The van der Waals surface area contributed by atoms with Crippen LogP contribution in [0.3, 0.4) is 0 Å². The van der Waals surface area contributed by atoms with Gasteiger partial charge in [0.2, 0.25) is 11.9 Å². The topological polar surface area (TPSA) is 75.6 Å². The van der Waals surface area contributed by atoms with E-state index in [1.165, 1.54) is 6.33 Å². The average Bonchev–Trinajstić information content (AvgIpc) is 3.24. The highest BCUT2D eigenvalue weighted by Gasteiger charge is 2.14. The van der Waals surface area contributed by atoms with Crippen LogP contribution in [-0.4, -0.2) is 25.7 Å². The Morgan fingerprint density at radius 1 is 1.08 bits per heavy atom. The number of nitrogens with one attached hydrogen (secondary N) is 2. The number of hydrogen-bond donors (Lipinski definition) is 2. The summed E-state index contributed by atoms with van der Waals surface area (Å²) in [5.74, 6) is 0.183. The minimum absolute atomic E-state index is 0.162. The Morgan fingerprint density at radius 3 is 2.67 bits per heavy atom. The Hall–Kier alpha value is -3.41. The first-order valence-electron chi connectivity index (χ1n) is 7.60. The van der Waals surface area contributed by atoms with Gasteiger partial charge in [-0.2, -0.15) is 10.1 Å². The summed E-state index contributed by atoms with van der Waals surface area (Å²) in [7, 11) is 0. The Labute approximate surface area is 138 Å². The zero-order chi connectivity index (χ0) is 16.4. The van der Waals surface area contributed by atoms with Gasteiger partial charge in [0, 0.05) is 16.6 Å². The quantitative estimate of drug-likeness (QED) is 0.607. The lowest BCUT2D eigenvalue weighted by Gasteiger charge is -2.10. The van der Waals surface area contributed by atoms with Gasteiger partial charge in [-0.25, -0.2) is 5.10 Å². The van der Waals surface area contributed by atoms with E-state index >= 15 is 0 Å². The molecule has 0 saturated heterocycles. The number of carbonyl (C=O) groups is 1. The summed E-state index contributed by atoms with van der Waals surface area (Å²) in [6.07, 6.45) is 1.36. The van der Waals surface area contributed by atoms with E-state index in [0.29, 0.717) is 5.95 Å². The third-order valence-electron chi connectivity index (χ3n) is 3.85. The molecule has 2 N–H and O–H groups in total. The first-order valence-corrected chi connectivity index (χ1v) is 7.60. The van der Waals surface area contributed by atoms with Crippen LogP contribution in [0.25, 0.3) is 22.2 Å². The Bertz CT molecular complexity index is 973. The smallest absolute Gasteiger partial charge is 0.246 e. The van der Waals surface area contributed by atoms with Crippen LogP contribution in [0.2, 0.25) is 0 Å². The summed E-state index contributed by atoms with van der Waals surface area (Å²) in [5, 5.41) is 10.2. The van der Waals surface area contributed by atoms with E-state index in [9.17, 15) is 4.79 Å². The molecule has 0 fully saturated rings. The number of para-hydroxylation sites is 1. The van der Waals surface area contributed by atoms with E-state index in [1.807, 2.05) is 59.2 Å². The molecule has 0 atom stereocenters. The maximum Gasteiger partial charge on any atom is 0.246 e. The molecule has 0 unspecified atom stereocenters. The zero-order valence-corrected chi connectivity index (χ0v) is 12.8. The minimum Gasteiger partial charge on any atom is -0.331 e. The monoisotopic (exact) mass is 317 g/mol. The second-order valence-corrected chi connectivity index (χ2v) is 5.42. The Morgan fingerprint density at radius 2 is 1.88 bits per heavy atom. The maximum atomic E-state index is 12.4. The summed E-state index contributed by atoms with van der Waals surface area (Å²) >= 11 is 0. The van der Waals surface area contributed by atoms with Crippen molar-refractivity contribution < 1.29 is 4.79 Å². The molecule has 2 aromatic carbocycles. The minimum atomic E-state index is -0.162. The van der Waals surface area contributed by atoms with Crippen molar-refractivity contribution in [1.82, 2.24) is 19.7 Å². The average molecular weight is 317 g/mol. The van der Waals surface area contributed by atoms with Gasteiger partial charge in [0.15, 0.2) is 0 Å². The van der Waals surface area contributed by atoms with E-state index in [0.717, 1.165) is 22.2 Å². The zero-order valence-electron chi connectivity index (χ0n) is 12.8. The Balaban J connectivity index is 1.74. The number of carbonyl (C=O) groups excluding carboxylic acids is 1. The molecule has 0 aliphatic carbocycles. The molecule has 2 aromatic heterocycles. The molecule has 6 nitrogen and oxygen atoms in total. The number of aromatic amines is 1. The van der Waals surface area contributed by atoms with E-state index in [2.05, 4.69) is 26.6 Å². The van der Waals surface area contributed by atoms with Crippen LogP contribution in [0, 0.1) is 0 Å². The van der Waals surface area contributed by atoms with Gasteiger partial charge < -0.3 is 4.57 Å².